The molecule has 96 valence electrons. The summed E-state index contributed by atoms with van der Waals surface area (Å²) in [6.45, 7) is 2.63. The summed E-state index contributed by atoms with van der Waals surface area (Å²) in [5.74, 6) is -0.384. The number of urea groups is 1. The molecule has 0 aliphatic carbocycles. The van der Waals surface area contributed by atoms with Crippen molar-refractivity contribution in [2.75, 3.05) is 26.2 Å². The maximum Gasteiger partial charge on any atom is 0.336 e. The van der Waals surface area contributed by atoms with Gasteiger partial charge in [0.25, 0.3) is 5.91 Å². The molecular formula is C12H16N4O2. The molecular weight excluding hydrogens is 232 g/mol. The second kappa shape index (κ2) is 5.61. The van der Waals surface area contributed by atoms with Crippen molar-refractivity contribution in [2.45, 2.75) is 0 Å². The lowest BCUT2D eigenvalue weighted by molar-refractivity contribution is 0.0106. The van der Waals surface area contributed by atoms with Crippen LogP contribution in [0.2, 0.25) is 0 Å². The second-order valence-electron chi connectivity index (χ2n) is 4.02. The van der Waals surface area contributed by atoms with Crippen LogP contribution >= 0.6 is 0 Å². The first-order valence-corrected chi connectivity index (χ1v) is 5.84. The second-order valence-corrected chi connectivity index (χ2v) is 4.02. The largest absolute Gasteiger partial charge is 0.350 e. The summed E-state index contributed by atoms with van der Waals surface area (Å²) >= 11 is 0. The van der Waals surface area contributed by atoms with Crippen molar-refractivity contribution in [3.05, 3.63) is 35.9 Å². The molecule has 3 amide bonds. The molecule has 2 rings (SSSR count). The Morgan fingerprint density at radius 3 is 2.33 bits per heavy atom. The molecule has 0 bridgehead atoms. The monoisotopic (exact) mass is 248 g/mol. The maximum absolute atomic E-state index is 12.2. The third-order valence-electron chi connectivity index (χ3n) is 2.80. The van der Waals surface area contributed by atoms with Crippen molar-refractivity contribution in [1.29, 1.82) is 0 Å². The van der Waals surface area contributed by atoms with Gasteiger partial charge in [0.15, 0.2) is 0 Å². The van der Waals surface area contributed by atoms with Crippen LogP contribution in [-0.2, 0) is 0 Å². The fourth-order valence-corrected chi connectivity index (χ4v) is 1.92. The standard InChI is InChI=1S/C12H16N4O2/c13-12(18)16(15-8-6-14-7-9-15)11(17)10-4-2-1-3-5-10/h1-5,14H,6-9H2,(H2,13,18). The summed E-state index contributed by atoms with van der Waals surface area (Å²) < 4.78 is 0. The van der Waals surface area contributed by atoms with Gasteiger partial charge < -0.3 is 11.1 Å². The van der Waals surface area contributed by atoms with Crippen LogP contribution < -0.4 is 11.1 Å². The van der Waals surface area contributed by atoms with E-state index in [2.05, 4.69) is 5.32 Å². The topological polar surface area (TPSA) is 78.7 Å². The van der Waals surface area contributed by atoms with Crippen LogP contribution in [0.25, 0.3) is 0 Å². The van der Waals surface area contributed by atoms with Gasteiger partial charge in [0, 0.05) is 31.7 Å². The Morgan fingerprint density at radius 2 is 1.78 bits per heavy atom. The van der Waals surface area contributed by atoms with E-state index in [1.807, 2.05) is 6.07 Å². The van der Waals surface area contributed by atoms with Gasteiger partial charge in [-0.25, -0.2) is 9.80 Å². The fraction of sp³-hybridized carbons (Fsp3) is 0.333. The molecule has 0 radical (unpaired) electrons. The van der Waals surface area contributed by atoms with Gasteiger partial charge in [-0.2, -0.15) is 5.01 Å². The molecule has 1 aromatic rings. The number of piperazine rings is 1. The van der Waals surface area contributed by atoms with Crippen LogP contribution in [-0.4, -0.2) is 48.1 Å². The highest BCUT2D eigenvalue weighted by atomic mass is 16.2. The van der Waals surface area contributed by atoms with E-state index in [4.69, 9.17) is 5.73 Å². The molecule has 1 heterocycles. The minimum Gasteiger partial charge on any atom is -0.350 e. The molecule has 1 saturated heterocycles. The van der Waals surface area contributed by atoms with Gasteiger partial charge in [-0.1, -0.05) is 18.2 Å². The number of primary amides is 1. The summed E-state index contributed by atoms with van der Waals surface area (Å²) in [4.78, 5) is 23.7. The van der Waals surface area contributed by atoms with Crippen LogP contribution in [0.1, 0.15) is 10.4 Å². The van der Waals surface area contributed by atoms with Gasteiger partial charge in [-0.3, -0.25) is 4.79 Å². The summed E-state index contributed by atoms with van der Waals surface area (Å²) in [5.41, 5.74) is 5.76. The zero-order valence-electron chi connectivity index (χ0n) is 10.0. The highest BCUT2D eigenvalue weighted by molar-refractivity contribution is 6.03. The first-order chi connectivity index (χ1) is 8.70. The molecule has 0 unspecified atom stereocenters. The first-order valence-electron chi connectivity index (χ1n) is 5.84. The molecule has 1 aliphatic heterocycles. The first kappa shape index (κ1) is 12.5. The Labute approximate surface area is 105 Å². The van der Waals surface area contributed by atoms with E-state index in [1.54, 1.807) is 29.3 Å². The molecule has 3 N–H and O–H groups in total. The van der Waals surface area contributed by atoms with Crippen molar-refractivity contribution >= 4 is 11.9 Å². The Kier molecular flexibility index (Phi) is 3.91. The summed E-state index contributed by atoms with van der Waals surface area (Å²) in [7, 11) is 0. The van der Waals surface area contributed by atoms with Gasteiger partial charge in [-0.15, -0.1) is 0 Å². The van der Waals surface area contributed by atoms with Gasteiger partial charge in [-0.05, 0) is 12.1 Å². The van der Waals surface area contributed by atoms with E-state index in [0.717, 1.165) is 18.1 Å². The third-order valence-corrected chi connectivity index (χ3v) is 2.80. The molecule has 1 fully saturated rings. The minimum absolute atomic E-state index is 0.384. The number of rotatable bonds is 2. The number of nitrogens with two attached hydrogens (primary N) is 1. The molecule has 0 spiro atoms. The maximum atomic E-state index is 12.2. The van der Waals surface area contributed by atoms with Crippen molar-refractivity contribution in [2.24, 2.45) is 5.73 Å². The molecule has 0 aromatic heterocycles. The molecule has 0 saturated carbocycles. The van der Waals surface area contributed by atoms with E-state index in [1.165, 1.54) is 0 Å². The smallest absolute Gasteiger partial charge is 0.336 e. The van der Waals surface area contributed by atoms with E-state index >= 15 is 0 Å². The molecule has 6 nitrogen and oxygen atoms in total. The number of nitrogens with one attached hydrogen (secondary N) is 1. The number of benzene rings is 1. The number of hydrogen-bond donors (Lipinski definition) is 2. The SMILES string of the molecule is NC(=O)N(C(=O)c1ccccc1)N1CCNCC1. The number of hydrogen-bond acceptors (Lipinski definition) is 4. The van der Waals surface area contributed by atoms with Crippen LogP contribution in [0.5, 0.6) is 0 Å². The highest BCUT2D eigenvalue weighted by Gasteiger charge is 2.28. The Balaban J connectivity index is 2.19. The average Bonchev–Trinajstić information content (AvgIpc) is 2.40. The molecule has 1 aliphatic rings. The average molecular weight is 248 g/mol. The van der Waals surface area contributed by atoms with Crippen molar-refractivity contribution in [3.8, 4) is 0 Å². The van der Waals surface area contributed by atoms with Crippen LogP contribution in [0.15, 0.2) is 30.3 Å². The molecule has 18 heavy (non-hydrogen) atoms. The summed E-state index contributed by atoms with van der Waals surface area (Å²) in [5, 5.41) is 5.85. The predicted octanol–water partition coefficient (Wildman–Crippen LogP) is 0.0277. The van der Waals surface area contributed by atoms with Crippen LogP contribution in [0, 0.1) is 0 Å². The number of amides is 3. The zero-order chi connectivity index (χ0) is 13.0. The van der Waals surface area contributed by atoms with Gasteiger partial charge in [0.1, 0.15) is 0 Å². The van der Waals surface area contributed by atoms with Crippen molar-refractivity contribution < 1.29 is 9.59 Å². The predicted molar refractivity (Wildman–Crippen MR) is 66.6 cm³/mol. The van der Waals surface area contributed by atoms with Gasteiger partial charge in [0.05, 0.1) is 0 Å². The highest BCUT2D eigenvalue weighted by Crippen LogP contribution is 2.08. The number of carbonyl (C=O) groups is 2. The lowest BCUT2D eigenvalue weighted by Crippen LogP contribution is -2.58. The van der Waals surface area contributed by atoms with Gasteiger partial charge >= 0.3 is 6.03 Å². The normalized spacial score (nSPS) is 16.2. The zero-order valence-corrected chi connectivity index (χ0v) is 10.0. The van der Waals surface area contributed by atoms with Gasteiger partial charge in [0.2, 0.25) is 0 Å². The lowest BCUT2D eigenvalue weighted by atomic mass is 10.2. The van der Waals surface area contributed by atoms with Crippen molar-refractivity contribution in [3.63, 3.8) is 0 Å². The quantitative estimate of drug-likeness (QED) is 0.774. The Bertz CT molecular complexity index is 429. The van der Waals surface area contributed by atoms with E-state index < -0.39 is 6.03 Å². The van der Waals surface area contributed by atoms with Crippen LogP contribution in [0.4, 0.5) is 4.79 Å². The van der Waals surface area contributed by atoms with E-state index in [-0.39, 0.29) is 5.91 Å². The number of carbonyl (C=O) groups excluding carboxylic acids is 2. The number of nitrogens with zero attached hydrogens (tertiary/aromatic N) is 2. The fourth-order valence-electron chi connectivity index (χ4n) is 1.92. The van der Waals surface area contributed by atoms with E-state index in [9.17, 15) is 9.59 Å². The van der Waals surface area contributed by atoms with Crippen LogP contribution in [0.3, 0.4) is 0 Å². The summed E-state index contributed by atoms with van der Waals surface area (Å²) in [6.07, 6.45) is 0. The Hall–Kier alpha value is -1.92. The minimum atomic E-state index is -0.745. The van der Waals surface area contributed by atoms with E-state index in [0.29, 0.717) is 18.7 Å². The Morgan fingerprint density at radius 1 is 1.17 bits per heavy atom. The molecule has 0 atom stereocenters. The lowest BCUT2D eigenvalue weighted by Gasteiger charge is -2.34. The van der Waals surface area contributed by atoms with Crippen molar-refractivity contribution in [1.82, 2.24) is 15.3 Å². The number of hydrazine groups is 1. The third kappa shape index (κ3) is 2.66. The molecule has 6 heteroatoms. The number of imide groups is 1. The summed E-state index contributed by atoms with van der Waals surface area (Å²) in [6, 6.07) is 7.91. The molecule has 1 aromatic carbocycles.